The van der Waals surface area contributed by atoms with E-state index in [-0.39, 0.29) is 5.91 Å². The number of rotatable bonds is 1. The lowest BCUT2D eigenvalue weighted by Gasteiger charge is -2.42. The van der Waals surface area contributed by atoms with Crippen LogP contribution in [-0.4, -0.2) is 38.6 Å². The Bertz CT molecular complexity index is 499. The molecule has 0 spiro atoms. The van der Waals surface area contributed by atoms with Gasteiger partial charge >= 0.3 is 0 Å². The van der Waals surface area contributed by atoms with Gasteiger partial charge in [-0.25, -0.2) is 0 Å². The van der Waals surface area contributed by atoms with Gasteiger partial charge in [-0.3, -0.25) is 4.79 Å². The summed E-state index contributed by atoms with van der Waals surface area (Å²) in [7, 11) is 1.86. The molecule has 3 rings (SSSR count). The third kappa shape index (κ3) is 2.37. The summed E-state index contributed by atoms with van der Waals surface area (Å²) in [6.07, 6.45) is 2.20. The van der Waals surface area contributed by atoms with Gasteiger partial charge in [-0.1, -0.05) is 15.9 Å². The quantitative estimate of drug-likeness (QED) is 0.858. The van der Waals surface area contributed by atoms with E-state index >= 15 is 0 Å². The Morgan fingerprint density at radius 1 is 1.26 bits per heavy atom. The lowest BCUT2D eigenvalue weighted by molar-refractivity contribution is -0.117. The number of nitrogens with one attached hydrogen (secondary N) is 1. The predicted molar refractivity (Wildman–Crippen MR) is 80.8 cm³/mol. The molecule has 1 aromatic carbocycles. The Labute approximate surface area is 121 Å². The Hall–Kier alpha value is -1.07. The lowest BCUT2D eigenvalue weighted by atomic mass is 10.0. The molecule has 2 aliphatic heterocycles. The minimum absolute atomic E-state index is 0.174. The van der Waals surface area contributed by atoms with Crippen LogP contribution in [0.1, 0.15) is 12.8 Å². The first-order valence-corrected chi connectivity index (χ1v) is 7.49. The number of nitrogens with zero attached hydrogens (tertiary/aromatic N) is 2. The van der Waals surface area contributed by atoms with Gasteiger partial charge in [-0.15, -0.1) is 0 Å². The average molecular weight is 324 g/mol. The Morgan fingerprint density at radius 2 is 2.00 bits per heavy atom. The summed E-state index contributed by atoms with van der Waals surface area (Å²) in [6, 6.07) is 6.60. The third-order valence-corrected chi connectivity index (χ3v) is 4.53. The van der Waals surface area contributed by atoms with Crippen LogP contribution in [0.25, 0.3) is 0 Å². The van der Waals surface area contributed by atoms with Crippen molar-refractivity contribution in [2.45, 2.75) is 18.9 Å². The molecule has 102 valence electrons. The van der Waals surface area contributed by atoms with Gasteiger partial charge in [0.2, 0.25) is 5.91 Å². The maximum absolute atomic E-state index is 12.2. The molecule has 1 amide bonds. The van der Waals surface area contributed by atoms with E-state index in [4.69, 9.17) is 0 Å². The van der Waals surface area contributed by atoms with Gasteiger partial charge in [-0.05, 0) is 44.1 Å². The summed E-state index contributed by atoms with van der Waals surface area (Å²) in [4.78, 5) is 16.2. The molecule has 1 saturated heterocycles. The molecule has 0 radical (unpaired) electrons. The molecule has 4 nitrogen and oxygen atoms in total. The highest BCUT2D eigenvalue weighted by Crippen LogP contribution is 2.37. The summed E-state index contributed by atoms with van der Waals surface area (Å²) in [5.74, 6) is 0.174. The summed E-state index contributed by atoms with van der Waals surface area (Å²) < 4.78 is 1.06. The molecule has 0 aromatic heterocycles. The smallest absolute Gasteiger partial charge is 0.246 e. The molecule has 0 atom stereocenters. The van der Waals surface area contributed by atoms with Crippen LogP contribution in [-0.2, 0) is 4.79 Å². The maximum atomic E-state index is 12.2. The molecular formula is C14H18BrN3O. The van der Waals surface area contributed by atoms with Crippen LogP contribution in [0.3, 0.4) is 0 Å². The van der Waals surface area contributed by atoms with Crippen molar-refractivity contribution in [3.05, 3.63) is 22.7 Å². The normalized spacial score (nSPS) is 20.6. The second-order valence-corrected chi connectivity index (χ2v) is 6.11. The fourth-order valence-electron chi connectivity index (χ4n) is 2.93. The molecule has 5 heteroatoms. The van der Waals surface area contributed by atoms with Crippen molar-refractivity contribution in [2.24, 2.45) is 0 Å². The van der Waals surface area contributed by atoms with E-state index in [1.807, 2.05) is 19.2 Å². The largest absolute Gasteiger partial charge is 0.357 e. The number of amides is 1. The zero-order chi connectivity index (χ0) is 13.4. The van der Waals surface area contributed by atoms with Crippen LogP contribution in [0, 0.1) is 0 Å². The first kappa shape index (κ1) is 12.9. The number of carbonyl (C=O) groups excluding carboxylic acids is 1. The van der Waals surface area contributed by atoms with E-state index in [9.17, 15) is 4.79 Å². The summed E-state index contributed by atoms with van der Waals surface area (Å²) in [5, 5.41) is 3.38. The van der Waals surface area contributed by atoms with Gasteiger partial charge in [0, 0.05) is 17.6 Å². The molecular weight excluding hydrogens is 306 g/mol. The molecule has 19 heavy (non-hydrogen) atoms. The number of fused-ring (bicyclic) bond motifs is 1. The zero-order valence-electron chi connectivity index (χ0n) is 11.0. The summed E-state index contributed by atoms with van der Waals surface area (Å²) in [5.41, 5.74) is 2.18. The summed E-state index contributed by atoms with van der Waals surface area (Å²) in [6.45, 7) is 2.56. The topological polar surface area (TPSA) is 35.6 Å². The van der Waals surface area contributed by atoms with Crippen LogP contribution >= 0.6 is 15.9 Å². The van der Waals surface area contributed by atoms with Crippen molar-refractivity contribution in [3.8, 4) is 0 Å². The first-order chi connectivity index (χ1) is 9.16. The molecule has 0 bridgehead atoms. The number of piperidine rings is 1. The number of hydrogen-bond donors (Lipinski definition) is 1. The lowest BCUT2D eigenvalue weighted by Crippen LogP contribution is -2.51. The standard InChI is InChI=1S/C14H18BrN3O/c1-17-12-3-2-10(15)8-13(12)18(9-14(17)19)11-4-6-16-7-5-11/h2-3,8,11,16H,4-7,9H2,1H3. The number of halogens is 1. The van der Waals surface area contributed by atoms with Crippen LogP contribution in [0.4, 0.5) is 11.4 Å². The predicted octanol–water partition coefficient (Wildman–Crippen LogP) is 1.98. The van der Waals surface area contributed by atoms with Crippen LogP contribution in [0.2, 0.25) is 0 Å². The Balaban J connectivity index is 1.99. The number of anilines is 2. The highest BCUT2D eigenvalue weighted by atomic mass is 79.9. The minimum atomic E-state index is 0.174. The van der Waals surface area contributed by atoms with Gasteiger partial charge in [0.05, 0.1) is 17.9 Å². The molecule has 2 heterocycles. The van der Waals surface area contributed by atoms with Crippen molar-refractivity contribution in [3.63, 3.8) is 0 Å². The highest BCUT2D eigenvalue weighted by molar-refractivity contribution is 9.10. The van der Waals surface area contributed by atoms with E-state index in [1.165, 1.54) is 5.69 Å². The van der Waals surface area contributed by atoms with Gasteiger partial charge in [0.15, 0.2) is 0 Å². The molecule has 0 aliphatic carbocycles. The molecule has 1 aromatic rings. The minimum Gasteiger partial charge on any atom is -0.357 e. The molecule has 1 N–H and O–H groups in total. The van der Waals surface area contributed by atoms with Crippen LogP contribution in [0.15, 0.2) is 22.7 Å². The first-order valence-electron chi connectivity index (χ1n) is 6.70. The second-order valence-electron chi connectivity index (χ2n) is 5.19. The van der Waals surface area contributed by atoms with Crippen LogP contribution < -0.4 is 15.1 Å². The van der Waals surface area contributed by atoms with E-state index < -0.39 is 0 Å². The van der Waals surface area contributed by atoms with Gasteiger partial charge < -0.3 is 15.1 Å². The van der Waals surface area contributed by atoms with E-state index in [0.29, 0.717) is 12.6 Å². The Morgan fingerprint density at radius 3 is 2.74 bits per heavy atom. The number of benzene rings is 1. The highest BCUT2D eigenvalue weighted by Gasteiger charge is 2.31. The number of likely N-dealkylation sites (N-methyl/N-ethyl adjacent to an activating group) is 1. The fourth-order valence-corrected chi connectivity index (χ4v) is 3.27. The molecule has 0 unspecified atom stereocenters. The molecule has 1 fully saturated rings. The molecule has 0 saturated carbocycles. The van der Waals surface area contributed by atoms with Crippen molar-refractivity contribution in [1.82, 2.24) is 5.32 Å². The number of carbonyl (C=O) groups is 1. The maximum Gasteiger partial charge on any atom is 0.246 e. The van der Waals surface area contributed by atoms with E-state index in [2.05, 4.69) is 32.2 Å². The Kier molecular flexibility index (Phi) is 3.50. The van der Waals surface area contributed by atoms with Crippen molar-refractivity contribution in [2.75, 3.05) is 36.5 Å². The van der Waals surface area contributed by atoms with Gasteiger partial charge in [0.25, 0.3) is 0 Å². The monoisotopic (exact) mass is 323 g/mol. The second kappa shape index (κ2) is 5.13. The fraction of sp³-hybridized carbons (Fsp3) is 0.500. The molecule has 2 aliphatic rings. The summed E-state index contributed by atoms with van der Waals surface area (Å²) >= 11 is 3.53. The van der Waals surface area contributed by atoms with Crippen molar-refractivity contribution in [1.29, 1.82) is 0 Å². The van der Waals surface area contributed by atoms with Crippen molar-refractivity contribution >= 4 is 33.2 Å². The van der Waals surface area contributed by atoms with E-state index in [0.717, 1.165) is 36.1 Å². The number of hydrogen-bond acceptors (Lipinski definition) is 3. The van der Waals surface area contributed by atoms with E-state index in [1.54, 1.807) is 4.90 Å². The van der Waals surface area contributed by atoms with Crippen LogP contribution in [0.5, 0.6) is 0 Å². The zero-order valence-corrected chi connectivity index (χ0v) is 12.6. The SMILES string of the molecule is CN1C(=O)CN(C2CCNCC2)c2cc(Br)ccc21. The van der Waals surface area contributed by atoms with Gasteiger partial charge in [-0.2, -0.15) is 0 Å². The third-order valence-electron chi connectivity index (χ3n) is 4.04. The van der Waals surface area contributed by atoms with Gasteiger partial charge in [0.1, 0.15) is 0 Å². The van der Waals surface area contributed by atoms with Crippen molar-refractivity contribution < 1.29 is 4.79 Å². The average Bonchev–Trinajstić information content (AvgIpc) is 2.43.